The molecule has 13 aromatic rings. The highest BCUT2D eigenvalue weighted by Crippen LogP contribution is 2.42. The average Bonchev–Trinajstić information content (AvgIpc) is 0.803. The summed E-state index contributed by atoms with van der Waals surface area (Å²) in [5.74, 6) is -1.87. The van der Waals surface area contributed by atoms with Crippen LogP contribution < -0.4 is 18.3 Å². The molecule has 4 aromatic heterocycles. The SMILES string of the molecule is [2H]C([2H])([2H])c1cc(C)c(-c2cc(-c3ccccc3)cc[n+]2C)cc1-c1ccccc1.[2H]C([2H])([2H])c1cc(C)c(-c2cc(C([2H])([2H])C(C)(C)C)c(C([2H])([2H])[2H])c[n+]2C)cc1-c1ccccc1.[2H]C([2H])([2H])c1cc(C)c(-c2cc(C3([2H])CCCC3)c(C([2H])([2H])[2H])c[n+]2C)cc1-c1ccccc1.[2H]C([2H])([2H])c1cc(C)c(-c2cc(C3([2H])CCCCC3)c(C([2H])([2H])[2H])c[n+]2C)cc1-c1ccccc1. The second kappa shape index (κ2) is 34.9. The lowest BCUT2D eigenvalue weighted by atomic mass is 9.82. The number of aromatic nitrogens is 4. The minimum Gasteiger partial charge on any atom is -0.201 e. The van der Waals surface area contributed by atoms with E-state index >= 15 is 0 Å². The standard InChI is InChI=1S/C27H32N.C26H30N.C26H24N.C26H32N/c1-19-15-20(2)26(16-24(19)22-11-7-5-8-12-22)27-17-25(21(3)18-28(27)4)23-13-9-6-10-14-23;1-18-14-19(2)25(15-23(18)21-10-6-5-7-11-21)26-16-24(20(3)17-27(26)4)22-12-8-9-13-22;1-19-16-20(2)25(18-24(19)22-12-8-5-9-13-22)26-17-23(14-15-27(26)3)21-10-6-4-7-11-21;1-18-13-19(2)24(15-23(18)21-11-9-8-10-12-21)25-14-22(16-26(4,5)6)20(3)17-27(25)7/h5,7-8,11-12,15-18,23H,6,9-10,13-14H2,1-4H3;5-7,10-11,14-17,22H,8-9,12-13H2,1-4H3;4-18H,1-3H3;8-15,17H,16H2,1-7H3/q4*+1/i1D3,3D3,23D;1D3,3D3,22D;1D3;1D3,3D3,16D2. The van der Waals surface area contributed by atoms with Crippen molar-refractivity contribution in [1.82, 2.24) is 0 Å². The van der Waals surface area contributed by atoms with Gasteiger partial charge in [-0.15, -0.1) is 0 Å². The van der Waals surface area contributed by atoms with E-state index in [0.717, 1.165) is 122 Å². The molecule has 0 saturated heterocycles. The van der Waals surface area contributed by atoms with E-state index in [-0.39, 0.29) is 38.9 Å². The summed E-state index contributed by atoms with van der Waals surface area (Å²) in [6.45, 7) is -3.42. The molecule has 2 aliphatic carbocycles. The molecule has 0 aliphatic heterocycles. The number of rotatable bonds is 12. The van der Waals surface area contributed by atoms with Crippen molar-refractivity contribution in [3.8, 4) is 101 Å². The first-order chi connectivity index (χ1) is 62.3. The lowest BCUT2D eigenvalue weighted by Gasteiger charge is -2.23. The zero-order valence-electron chi connectivity index (χ0n) is 89.9. The van der Waals surface area contributed by atoms with Crippen LogP contribution >= 0.6 is 0 Å². The van der Waals surface area contributed by atoms with E-state index in [1.165, 1.54) is 6.20 Å². The van der Waals surface area contributed by atoms with Crippen LogP contribution in [0.25, 0.3) is 101 Å². The van der Waals surface area contributed by atoms with Crippen molar-refractivity contribution in [2.75, 3.05) is 0 Å². The number of hydrogen-bond donors (Lipinski definition) is 0. The molecule has 4 nitrogen and oxygen atoms in total. The third kappa shape index (κ3) is 18.7. The van der Waals surface area contributed by atoms with Gasteiger partial charge in [0.2, 0.25) is 22.8 Å². The van der Waals surface area contributed by atoms with Gasteiger partial charge in [-0.3, -0.25) is 0 Å². The van der Waals surface area contributed by atoms with Crippen molar-refractivity contribution in [2.45, 2.75) is 172 Å². The first-order valence-electron chi connectivity index (χ1n) is 50.3. The summed E-state index contributed by atoms with van der Waals surface area (Å²) >= 11 is 0. The maximum Gasteiger partial charge on any atom is 0.213 e. The molecule has 0 amide bonds. The molecule has 2 aliphatic rings. The number of hydrogen-bond acceptors (Lipinski definition) is 0. The molecule has 0 N–H and O–H groups in total. The molecule has 4 heteroatoms. The van der Waals surface area contributed by atoms with Crippen molar-refractivity contribution >= 4 is 0 Å². The maximum absolute atomic E-state index is 9.22. The Kier molecular flexibility index (Phi) is 16.6. The summed E-state index contributed by atoms with van der Waals surface area (Å²) in [6.07, 6.45) is 12.1. The molecular weight excluding hydrogens is 1320 g/mol. The zero-order valence-corrected chi connectivity index (χ0v) is 64.9. The largest absolute Gasteiger partial charge is 0.213 e. The number of aryl methyl sites for hydroxylation is 15. The summed E-state index contributed by atoms with van der Waals surface area (Å²) in [4.78, 5) is 0. The quantitative estimate of drug-likeness (QED) is 0.108. The Hall–Kier alpha value is -10.4. The lowest BCUT2D eigenvalue weighted by molar-refractivity contribution is -0.661. The molecule has 9 aromatic carbocycles. The van der Waals surface area contributed by atoms with Crippen LogP contribution in [-0.4, -0.2) is 0 Å². The van der Waals surface area contributed by atoms with Crippen LogP contribution in [0.15, 0.2) is 255 Å². The van der Waals surface area contributed by atoms with Crippen LogP contribution in [0.5, 0.6) is 0 Å². The van der Waals surface area contributed by atoms with Gasteiger partial charge in [-0.2, -0.15) is 0 Å². The highest BCUT2D eigenvalue weighted by molar-refractivity contribution is 5.80. The van der Waals surface area contributed by atoms with Crippen molar-refractivity contribution in [3.05, 3.63) is 333 Å². The van der Waals surface area contributed by atoms with E-state index in [2.05, 4.69) is 35.0 Å². The van der Waals surface area contributed by atoms with Crippen LogP contribution in [0.2, 0.25) is 0 Å². The van der Waals surface area contributed by atoms with Crippen LogP contribution in [0.1, 0.15) is 203 Å². The first kappa shape index (κ1) is 51.8. The third-order valence-corrected chi connectivity index (χ3v) is 20.9. The van der Waals surface area contributed by atoms with Gasteiger partial charge in [0.1, 0.15) is 28.2 Å². The Labute approximate surface area is 689 Å². The molecule has 15 rings (SSSR count). The molecule has 0 spiro atoms. The second-order valence-corrected chi connectivity index (χ2v) is 30.2. The average molecular weight is 1460 g/mol. The van der Waals surface area contributed by atoms with E-state index in [0.29, 0.717) is 75.9 Å². The molecule has 554 valence electrons. The number of nitrogens with zero attached hydrogens (tertiary/aromatic N) is 4. The van der Waals surface area contributed by atoms with Gasteiger partial charge in [0, 0.05) is 104 Å². The summed E-state index contributed by atoms with van der Waals surface area (Å²) in [7, 11) is 7.35. The van der Waals surface area contributed by atoms with Crippen molar-refractivity contribution < 1.29 is 52.5 Å². The third-order valence-electron chi connectivity index (χ3n) is 20.9. The fraction of sp³-hybridized carbons (Fsp3) is 0.295. The maximum atomic E-state index is 9.22. The van der Waals surface area contributed by atoms with E-state index in [1.807, 2.05) is 224 Å². The minimum absolute atomic E-state index is 0.0382. The monoisotopic (exact) mass is 1460 g/mol. The Morgan fingerprint density at radius 3 is 0.917 bits per heavy atom. The van der Waals surface area contributed by atoms with Crippen molar-refractivity contribution in [2.24, 2.45) is 33.6 Å². The molecule has 2 fully saturated rings. The highest BCUT2D eigenvalue weighted by atomic mass is 14.9. The smallest absolute Gasteiger partial charge is 0.201 e. The van der Waals surface area contributed by atoms with E-state index in [9.17, 15) is 1.37 Å². The van der Waals surface area contributed by atoms with Crippen LogP contribution in [-0.2, 0) is 34.6 Å². The van der Waals surface area contributed by atoms with Gasteiger partial charge in [0.05, 0.1) is 0 Å². The van der Waals surface area contributed by atoms with Crippen LogP contribution in [0.4, 0.5) is 0 Å². The Morgan fingerprint density at radius 1 is 0.303 bits per heavy atom. The van der Waals surface area contributed by atoms with Gasteiger partial charge < -0.3 is 0 Å². The second-order valence-electron chi connectivity index (χ2n) is 30.2. The van der Waals surface area contributed by atoms with E-state index in [4.69, 9.17) is 32.9 Å². The summed E-state index contributed by atoms with van der Waals surface area (Å²) in [5.41, 5.74) is 19.9. The van der Waals surface area contributed by atoms with Gasteiger partial charge >= 0.3 is 0 Å². The van der Waals surface area contributed by atoms with Crippen LogP contribution in [0.3, 0.4) is 0 Å². The normalized spacial score (nSPS) is 18.0. The lowest BCUT2D eigenvalue weighted by Crippen LogP contribution is -2.32. The summed E-state index contributed by atoms with van der Waals surface area (Å²) < 4.78 is 213. The number of benzene rings is 9. The molecule has 0 radical (unpaired) electrons. The highest BCUT2D eigenvalue weighted by Gasteiger charge is 2.28. The Bertz CT molecular complexity index is 6390. The Morgan fingerprint density at radius 2 is 0.596 bits per heavy atom. The molecule has 0 bridgehead atoms. The van der Waals surface area contributed by atoms with E-state index < -0.39 is 71.5 Å². The fourth-order valence-corrected chi connectivity index (χ4v) is 15.2. The predicted octanol–water partition coefficient (Wildman–Crippen LogP) is 25.7. The van der Waals surface area contributed by atoms with Gasteiger partial charge in [-0.05, 0) is 266 Å². The van der Waals surface area contributed by atoms with Crippen molar-refractivity contribution in [1.29, 1.82) is 0 Å². The van der Waals surface area contributed by atoms with Gasteiger partial charge in [0.25, 0.3) is 0 Å². The molecule has 2 saturated carbocycles. The summed E-state index contributed by atoms with van der Waals surface area (Å²) in [5, 5.41) is 0. The number of pyridine rings is 4. The van der Waals surface area contributed by atoms with Gasteiger partial charge in [0.15, 0.2) is 24.8 Å². The van der Waals surface area contributed by atoms with Crippen LogP contribution in [0, 0.1) is 81.1 Å². The first-order valence-corrected chi connectivity index (χ1v) is 37.8. The zero-order chi connectivity index (χ0) is 98.3. The van der Waals surface area contributed by atoms with Gasteiger partial charge in [-0.25, -0.2) is 18.3 Å². The van der Waals surface area contributed by atoms with Crippen molar-refractivity contribution in [3.63, 3.8) is 0 Å². The summed E-state index contributed by atoms with van der Waals surface area (Å²) in [6, 6.07) is 72.3. The molecule has 4 heterocycles. The molecule has 0 atom stereocenters. The molecule has 0 unspecified atom stereocenters. The fourth-order valence-electron chi connectivity index (χ4n) is 15.2. The Balaban J connectivity index is 0.000000161. The molecule has 109 heavy (non-hydrogen) atoms. The topological polar surface area (TPSA) is 15.5 Å². The predicted molar refractivity (Wildman–Crippen MR) is 462 cm³/mol. The van der Waals surface area contributed by atoms with Gasteiger partial charge in [-0.1, -0.05) is 229 Å². The van der Waals surface area contributed by atoms with E-state index in [1.54, 1.807) is 85.2 Å². The molecular formula is C105H118N4+4. The minimum atomic E-state index is -2.50.